The second kappa shape index (κ2) is 6.76. The third kappa shape index (κ3) is 2.93. The molecule has 28 heavy (non-hydrogen) atoms. The van der Waals surface area contributed by atoms with Crippen molar-refractivity contribution in [3.05, 3.63) is 71.1 Å². The number of halogens is 1. The number of para-hydroxylation sites is 2. The Morgan fingerprint density at radius 2 is 1.89 bits per heavy atom. The molecule has 3 aromatic heterocycles. The largest absolute Gasteiger partial charge is 0.467 e. The summed E-state index contributed by atoms with van der Waals surface area (Å²) in [6, 6.07) is 17.3. The van der Waals surface area contributed by atoms with E-state index in [0.717, 1.165) is 31.9 Å². The second-order valence-electron chi connectivity index (χ2n) is 6.49. The van der Waals surface area contributed by atoms with Crippen molar-refractivity contribution in [3.63, 3.8) is 0 Å². The monoisotopic (exact) mass is 434 g/mol. The highest BCUT2D eigenvalue weighted by Crippen LogP contribution is 2.30. The highest BCUT2D eigenvalue weighted by atomic mass is 79.9. The average Bonchev–Trinajstić information content (AvgIpc) is 3.32. The normalized spacial score (nSPS) is 11.5. The summed E-state index contributed by atoms with van der Waals surface area (Å²) in [5.74, 6) is 0.596. The van der Waals surface area contributed by atoms with Crippen molar-refractivity contribution in [2.75, 3.05) is 0 Å². The quantitative estimate of drug-likeness (QED) is 0.454. The SMILES string of the molecule is O=C(Cn1c2ccc(Br)cc2c2nc3ccccc3nc21)NCc1ccco1. The van der Waals surface area contributed by atoms with Gasteiger partial charge in [-0.2, -0.15) is 0 Å². The minimum atomic E-state index is -0.118. The predicted octanol–water partition coefficient (Wildman–Crippen LogP) is 4.41. The van der Waals surface area contributed by atoms with E-state index in [1.807, 2.05) is 53.1 Å². The van der Waals surface area contributed by atoms with Gasteiger partial charge in [0.15, 0.2) is 5.65 Å². The van der Waals surface area contributed by atoms with Gasteiger partial charge in [-0.25, -0.2) is 9.97 Å². The van der Waals surface area contributed by atoms with Gasteiger partial charge in [-0.1, -0.05) is 28.1 Å². The zero-order chi connectivity index (χ0) is 19.1. The lowest BCUT2D eigenvalue weighted by molar-refractivity contribution is -0.121. The Balaban J connectivity index is 1.61. The van der Waals surface area contributed by atoms with Crippen LogP contribution in [0.3, 0.4) is 0 Å². The summed E-state index contributed by atoms with van der Waals surface area (Å²) in [7, 11) is 0. The number of benzene rings is 2. The highest BCUT2D eigenvalue weighted by molar-refractivity contribution is 9.10. The number of carbonyl (C=O) groups is 1. The van der Waals surface area contributed by atoms with Crippen LogP contribution in [0.4, 0.5) is 0 Å². The molecule has 7 heteroatoms. The number of aromatic nitrogens is 3. The van der Waals surface area contributed by atoms with Gasteiger partial charge in [-0.15, -0.1) is 0 Å². The molecule has 0 saturated carbocycles. The third-order valence-corrected chi connectivity index (χ3v) is 5.15. The minimum absolute atomic E-state index is 0.118. The van der Waals surface area contributed by atoms with Crippen LogP contribution in [0.2, 0.25) is 0 Å². The van der Waals surface area contributed by atoms with Crippen LogP contribution in [0.5, 0.6) is 0 Å². The van der Waals surface area contributed by atoms with E-state index in [4.69, 9.17) is 14.4 Å². The Kier molecular flexibility index (Phi) is 4.09. The number of rotatable bonds is 4. The summed E-state index contributed by atoms with van der Waals surface area (Å²) < 4.78 is 8.14. The Hall–Kier alpha value is -3.19. The topological polar surface area (TPSA) is 73.0 Å². The molecule has 0 saturated heterocycles. The van der Waals surface area contributed by atoms with Crippen LogP contribution in [0.25, 0.3) is 33.1 Å². The summed E-state index contributed by atoms with van der Waals surface area (Å²) in [4.78, 5) is 22.2. The van der Waals surface area contributed by atoms with E-state index in [-0.39, 0.29) is 12.5 Å². The number of furan rings is 1. The first-order chi connectivity index (χ1) is 13.7. The molecule has 3 heterocycles. The summed E-state index contributed by atoms with van der Waals surface area (Å²) in [6.45, 7) is 0.498. The molecule has 0 aliphatic carbocycles. The summed E-state index contributed by atoms with van der Waals surface area (Å²) in [5.41, 5.74) is 4.03. The zero-order valence-corrected chi connectivity index (χ0v) is 16.3. The maximum atomic E-state index is 12.6. The third-order valence-electron chi connectivity index (χ3n) is 4.65. The summed E-state index contributed by atoms with van der Waals surface area (Å²) in [6.07, 6.45) is 1.59. The van der Waals surface area contributed by atoms with Crippen LogP contribution < -0.4 is 5.32 Å². The molecule has 0 spiro atoms. The first-order valence-corrected chi connectivity index (χ1v) is 9.62. The van der Waals surface area contributed by atoms with Gasteiger partial charge in [0.2, 0.25) is 5.91 Å². The minimum Gasteiger partial charge on any atom is -0.467 e. The van der Waals surface area contributed by atoms with E-state index in [1.165, 1.54) is 0 Å². The van der Waals surface area contributed by atoms with Gasteiger partial charge in [0.25, 0.3) is 0 Å². The van der Waals surface area contributed by atoms with Gasteiger partial charge in [0.05, 0.1) is 29.4 Å². The molecule has 138 valence electrons. The molecule has 1 amide bonds. The number of fused-ring (bicyclic) bond motifs is 4. The Bertz CT molecular complexity index is 1330. The lowest BCUT2D eigenvalue weighted by Crippen LogP contribution is -2.27. The number of hydrogen-bond acceptors (Lipinski definition) is 4. The average molecular weight is 435 g/mol. The number of nitrogens with one attached hydrogen (secondary N) is 1. The van der Waals surface area contributed by atoms with Gasteiger partial charge in [0, 0.05) is 9.86 Å². The molecule has 6 nitrogen and oxygen atoms in total. The van der Waals surface area contributed by atoms with E-state index < -0.39 is 0 Å². The molecule has 0 aliphatic rings. The Morgan fingerprint density at radius 1 is 1.07 bits per heavy atom. The number of amides is 1. The van der Waals surface area contributed by atoms with Crippen LogP contribution >= 0.6 is 15.9 Å². The van der Waals surface area contributed by atoms with E-state index in [0.29, 0.717) is 18.0 Å². The van der Waals surface area contributed by atoms with Gasteiger partial charge in [0.1, 0.15) is 17.8 Å². The van der Waals surface area contributed by atoms with E-state index in [9.17, 15) is 4.79 Å². The van der Waals surface area contributed by atoms with Crippen LogP contribution in [0, 0.1) is 0 Å². The van der Waals surface area contributed by atoms with Gasteiger partial charge < -0.3 is 14.3 Å². The number of nitrogens with zero attached hydrogens (tertiary/aromatic N) is 3. The Labute approximate surface area is 168 Å². The molecule has 0 aliphatic heterocycles. The first-order valence-electron chi connectivity index (χ1n) is 8.82. The number of hydrogen-bond donors (Lipinski definition) is 1. The lowest BCUT2D eigenvalue weighted by atomic mass is 10.2. The molecule has 1 N–H and O–H groups in total. The first kappa shape index (κ1) is 16.9. The van der Waals surface area contributed by atoms with Crippen molar-refractivity contribution in [2.45, 2.75) is 13.1 Å². The molecule has 5 aromatic rings. The van der Waals surface area contributed by atoms with Crippen molar-refractivity contribution in [3.8, 4) is 0 Å². The van der Waals surface area contributed by atoms with E-state index in [1.54, 1.807) is 12.3 Å². The van der Waals surface area contributed by atoms with Crippen molar-refractivity contribution < 1.29 is 9.21 Å². The fourth-order valence-corrected chi connectivity index (χ4v) is 3.73. The predicted molar refractivity (Wildman–Crippen MR) is 111 cm³/mol. The van der Waals surface area contributed by atoms with E-state index in [2.05, 4.69) is 21.2 Å². The maximum absolute atomic E-state index is 12.6. The molecule has 5 rings (SSSR count). The van der Waals surface area contributed by atoms with Gasteiger partial charge in [-0.05, 0) is 42.5 Å². The molecule has 0 atom stereocenters. The molecule has 2 aromatic carbocycles. The van der Waals surface area contributed by atoms with Crippen LogP contribution in [0.1, 0.15) is 5.76 Å². The summed E-state index contributed by atoms with van der Waals surface area (Å²) >= 11 is 3.53. The smallest absolute Gasteiger partial charge is 0.240 e. The van der Waals surface area contributed by atoms with Gasteiger partial charge in [-0.3, -0.25) is 4.79 Å². The van der Waals surface area contributed by atoms with Crippen molar-refractivity contribution in [2.24, 2.45) is 0 Å². The van der Waals surface area contributed by atoms with Crippen LogP contribution in [-0.4, -0.2) is 20.4 Å². The number of carbonyl (C=O) groups excluding carboxylic acids is 1. The van der Waals surface area contributed by atoms with Crippen molar-refractivity contribution in [1.82, 2.24) is 19.9 Å². The standard InChI is InChI=1S/C21H15BrN4O2/c22-13-7-8-18-15(10-13)20-21(25-17-6-2-1-5-16(17)24-20)26(18)12-19(27)23-11-14-4-3-9-28-14/h1-10H,11-12H2,(H,23,27). The highest BCUT2D eigenvalue weighted by Gasteiger charge is 2.17. The summed E-state index contributed by atoms with van der Waals surface area (Å²) in [5, 5.41) is 3.85. The van der Waals surface area contributed by atoms with Crippen LogP contribution in [0.15, 0.2) is 69.8 Å². The molecular weight excluding hydrogens is 420 g/mol. The maximum Gasteiger partial charge on any atom is 0.240 e. The lowest BCUT2D eigenvalue weighted by Gasteiger charge is -2.08. The fourth-order valence-electron chi connectivity index (χ4n) is 3.37. The fraction of sp³-hybridized carbons (Fsp3) is 0.0952. The molecule has 0 bridgehead atoms. The molecular formula is C21H15BrN4O2. The molecule has 0 unspecified atom stereocenters. The van der Waals surface area contributed by atoms with Crippen molar-refractivity contribution in [1.29, 1.82) is 0 Å². The second-order valence-corrected chi connectivity index (χ2v) is 7.40. The zero-order valence-electron chi connectivity index (χ0n) is 14.7. The molecule has 0 radical (unpaired) electrons. The van der Waals surface area contributed by atoms with E-state index >= 15 is 0 Å². The Morgan fingerprint density at radius 3 is 2.68 bits per heavy atom. The van der Waals surface area contributed by atoms with Gasteiger partial charge >= 0.3 is 0 Å². The van der Waals surface area contributed by atoms with Crippen LogP contribution in [-0.2, 0) is 17.9 Å². The van der Waals surface area contributed by atoms with Crippen molar-refractivity contribution >= 4 is 54.9 Å². The molecule has 0 fully saturated rings.